The molecule has 0 unspecified atom stereocenters. The first-order valence-corrected chi connectivity index (χ1v) is 11.9. The number of fused-ring (bicyclic) bond motifs is 1. The van der Waals surface area contributed by atoms with Gasteiger partial charge in [-0.1, -0.05) is 30.3 Å². The number of nitro benzene ring substituents is 1. The number of nitrogens with one attached hydrogen (secondary N) is 1. The van der Waals surface area contributed by atoms with Crippen LogP contribution in [0.15, 0.2) is 83.0 Å². The van der Waals surface area contributed by atoms with Crippen LogP contribution in [0.2, 0.25) is 0 Å². The normalized spacial score (nSPS) is 10.9. The molecule has 0 fully saturated rings. The van der Waals surface area contributed by atoms with E-state index in [-0.39, 0.29) is 34.2 Å². The van der Waals surface area contributed by atoms with Gasteiger partial charge in [0.1, 0.15) is 17.1 Å². The van der Waals surface area contributed by atoms with Crippen molar-refractivity contribution >= 4 is 45.3 Å². The summed E-state index contributed by atoms with van der Waals surface area (Å²) in [6.45, 7) is 2.38. The third kappa shape index (κ3) is 5.67. The van der Waals surface area contributed by atoms with Gasteiger partial charge in [-0.2, -0.15) is 0 Å². The van der Waals surface area contributed by atoms with E-state index < -0.39 is 16.6 Å². The summed E-state index contributed by atoms with van der Waals surface area (Å²) < 4.78 is 5.37. The van der Waals surface area contributed by atoms with Gasteiger partial charge in [0.25, 0.3) is 17.5 Å². The number of hydrogen-bond donors (Lipinski definition) is 2. The van der Waals surface area contributed by atoms with Crippen LogP contribution in [0.5, 0.6) is 11.5 Å². The summed E-state index contributed by atoms with van der Waals surface area (Å²) in [4.78, 5) is 37.8. The highest BCUT2D eigenvalue weighted by Crippen LogP contribution is 2.40. The zero-order valence-corrected chi connectivity index (χ0v) is 21.4. The molecule has 11 heteroatoms. The van der Waals surface area contributed by atoms with Crippen LogP contribution in [0.3, 0.4) is 0 Å². The number of azo groups is 1. The van der Waals surface area contributed by atoms with E-state index >= 15 is 0 Å². The number of benzene rings is 4. The number of non-ortho nitro benzene ring substituents is 1. The van der Waals surface area contributed by atoms with Gasteiger partial charge in [0.2, 0.25) is 0 Å². The average Bonchev–Trinajstić information content (AvgIpc) is 2.95. The van der Waals surface area contributed by atoms with Crippen LogP contribution in [-0.4, -0.2) is 47.4 Å². The Hall–Kier alpha value is -5.32. The molecule has 0 aliphatic heterocycles. The molecule has 0 heterocycles. The Bertz CT molecular complexity index is 1620. The molecule has 0 aromatic heterocycles. The topological polar surface area (TPSA) is 147 Å². The van der Waals surface area contributed by atoms with Gasteiger partial charge in [-0.05, 0) is 42.6 Å². The number of anilines is 1. The number of hydrogen-bond acceptors (Lipinski definition) is 8. The summed E-state index contributed by atoms with van der Waals surface area (Å²) >= 11 is 0. The Labute approximate surface area is 223 Å². The van der Waals surface area contributed by atoms with E-state index in [1.807, 2.05) is 6.92 Å². The van der Waals surface area contributed by atoms with Gasteiger partial charge in [0, 0.05) is 42.4 Å². The van der Waals surface area contributed by atoms with E-state index in [9.17, 15) is 24.8 Å². The van der Waals surface area contributed by atoms with Crippen molar-refractivity contribution in [1.82, 2.24) is 4.90 Å². The molecule has 4 aromatic rings. The Morgan fingerprint density at radius 1 is 1.05 bits per heavy atom. The Kier molecular flexibility index (Phi) is 7.80. The molecule has 0 saturated carbocycles. The predicted molar refractivity (Wildman–Crippen MR) is 146 cm³/mol. The highest BCUT2D eigenvalue weighted by molar-refractivity contribution is 6.11. The second-order valence-corrected chi connectivity index (χ2v) is 8.51. The summed E-state index contributed by atoms with van der Waals surface area (Å²) in [7, 11) is 3.14. The number of phenolic OH excluding ortho intramolecular Hbond substituents is 1. The van der Waals surface area contributed by atoms with E-state index in [1.54, 1.807) is 48.3 Å². The fraction of sp³-hybridized carbons (Fsp3) is 0.143. The van der Waals surface area contributed by atoms with Gasteiger partial charge in [0.15, 0.2) is 5.75 Å². The monoisotopic (exact) mass is 527 g/mol. The molecule has 0 saturated heterocycles. The quantitative estimate of drug-likeness (QED) is 0.158. The second-order valence-electron chi connectivity index (χ2n) is 8.51. The molecule has 198 valence electrons. The third-order valence-electron chi connectivity index (χ3n) is 6.06. The summed E-state index contributed by atoms with van der Waals surface area (Å²) in [5.41, 5.74) is 0.561. The number of phenols is 1. The number of amides is 2. The Morgan fingerprint density at radius 3 is 2.54 bits per heavy atom. The van der Waals surface area contributed by atoms with Gasteiger partial charge in [-0.3, -0.25) is 19.7 Å². The molecular formula is C28H25N5O6. The summed E-state index contributed by atoms with van der Waals surface area (Å²) in [6, 6.07) is 18.7. The van der Waals surface area contributed by atoms with Crippen LogP contribution >= 0.6 is 0 Å². The van der Waals surface area contributed by atoms with Gasteiger partial charge >= 0.3 is 0 Å². The molecular weight excluding hydrogens is 502 g/mol. The minimum Gasteiger partial charge on any atom is -0.505 e. The third-order valence-corrected chi connectivity index (χ3v) is 6.06. The van der Waals surface area contributed by atoms with Crippen molar-refractivity contribution < 1.29 is 24.4 Å². The fourth-order valence-electron chi connectivity index (χ4n) is 3.86. The minimum atomic E-state index is -0.692. The van der Waals surface area contributed by atoms with Gasteiger partial charge in [-0.25, -0.2) is 0 Å². The van der Waals surface area contributed by atoms with E-state index in [0.29, 0.717) is 28.6 Å². The second kappa shape index (κ2) is 11.4. The summed E-state index contributed by atoms with van der Waals surface area (Å²) in [6.07, 6.45) is 0. The number of nitro groups is 1. The smallest absolute Gasteiger partial charge is 0.271 e. The molecule has 11 nitrogen and oxygen atoms in total. The lowest BCUT2D eigenvalue weighted by molar-refractivity contribution is -0.384. The maximum atomic E-state index is 13.1. The first-order chi connectivity index (χ1) is 18.7. The number of nitrogens with zero attached hydrogens (tertiary/aromatic N) is 4. The lowest BCUT2D eigenvalue weighted by Gasteiger charge is -2.15. The molecule has 0 aliphatic carbocycles. The molecule has 0 radical (unpaired) electrons. The van der Waals surface area contributed by atoms with E-state index in [0.717, 1.165) is 0 Å². The molecule has 2 N–H and O–H groups in total. The highest BCUT2D eigenvalue weighted by Gasteiger charge is 2.20. The first kappa shape index (κ1) is 26.7. The van der Waals surface area contributed by atoms with Crippen molar-refractivity contribution in [1.29, 1.82) is 0 Å². The van der Waals surface area contributed by atoms with Crippen molar-refractivity contribution in [3.63, 3.8) is 0 Å². The van der Waals surface area contributed by atoms with Gasteiger partial charge < -0.3 is 20.1 Å². The molecule has 4 aromatic carbocycles. The Morgan fingerprint density at radius 2 is 1.82 bits per heavy atom. The zero-order chi connectivity index (χ0) is 28.1. The molecule has 0 bridgehead atoms. The number of aromatic hydroxyl groups is 1. The number of methoxy groups -OCH3 is 1. The highest BCUT2D eigenvalue weighted by atomic mass is 16.6. The maximum Gasteiger partial charge on any atom is 0.271 e. The number of carbonyl (C=O) groups excluding carboxylic acids is 2. The molecule has 2 amide bonds. The van der Waals surface area contributed by atoms with Crippen molar-refractivity contribution in [2.45, 2.75) is 6.92 Å². The molecule has 0 spiro atoms. The zero-order valence-electron chi connectivity index (χ0n) is 21.4. The van der Waals surface area contributed by atoms with Crippen molar-refractivity contribution in [2.24, 2.45) is 10.2 Å². The standard InChI is InChI=1S/C28H25N5O6/c1-4-32(2)28(36)18-12-13-24(39-3)23(15-18)30-31-25-21-11-6-5-8-17(21)14-22(26(25)34)27(35)29-19-9-7-10-20(16-19)33(37)38/h5-16,34H,4H2,1-3H3,(H,29,35)/b31-30+. The SMILES string of the molecule is CCN(C)C(=O)c1ccc(OC)c(/N=N/c2c(O)c(C(=O)Nc3cccc([N+](=O)[O-])c3)cc3ccccc23)c1. The first-order valence-electron chi connectivity index (χ1n) is 11.9. The van der Waals surface area contributed by atoms with Crippen LogP contribution in [0.25, 0.3) is 10.8 Å². The molecule has 39 heavy (non-hydrogen) atoms. The largest absolute Gasteiger partial charge is 0.505 e. The van der Waals surface area contributed by atoms with Gasteiger partial charge in [0.05, 0.1) is 17.6 Å². The van der Waals surface area contributed by atoms with Crippen LogP contribution in [0.4, 0.5) is 22.7 Å². The summed E-state index contributed by atoms with van der Waals surface area (Å²) in [5, 5.41) is 34.5. The van der Waals surface area contributed by atoms with Crippen molar-refractivity contribution in [3.8, 4) is 11.5 Å². The molecule has 4 rings (SSSR count). The van der Waals surface area contributed by atoms with Crippen LogP contribution in [-0.2, 0) is 0 Å². The minimum absolute atomic E-state index is 0.0294. The van der Waals surface area contributed by atoms with Crippen LogP contribution < -0.4 is 10.1 Å². The molecule has 0 aliphatic rings. The van der Waals surface area contributed by atoms with E-state index in [4.69, 9.17) is 4.74 Å². The Balaban J connectivity index is 1.77. The van der Waals surface area contributed by atoms with Crippen molar-refractivity contribution in [3.05, 3.63) is 94.0 Å². The predicted octanol–water partition coefficient (Wildman–Crippen LogP) is 6.22. The van der Waals surface area contributed by atoms with Crippen LogP contribution in [0.1, 0.15) is 27.6 Å². The average molecular weight is 528 g/mol. The van der Waals surface area contributed by atoms with Gasteiger partial charge in [-0.15, -0.1) is 10.2 Å². The molecule has 0 atom stereocenters. The number of rotatable bonds is 8. The lowest BCUT2D eigenvalue weighted by atomic mass is 10.0. The maximum absolute atomic E-state index is 13.1. The summed E-state index contributed by atoms with van der Waals surface area (Å²) in [5.74, 6) is -0.970. The van der Waals surface area contributed by atoms with E-state index in [2.05, 4.69) is 15.5 Å². The fourth-order valence-corrected chi connectivity index (χ4v) is 3.86. The van der Waals surface area contributed by atoms with Crippen LogP contribution in [0, 0.1) is 10.1 Å². The number of carbonyl (C=O) groups is 2. The van der Waals surface area contributed by atoms with E-state index in [1.165, 1.54) is 43.5 Å². The number of ether oxygens (including phenoxy) is 1. The van der Waals surface area contributed by atoms with Crippen molar-refractivity contribution in [2.75, 3.05) is 26.0 Å². The lowest BCUT2D eigenvalue weighted by Crippen LogP contribution is -2.26.